The summed E-state index contributed by atoms with van der Waals surface area (Å²) in [5, 5.41) is 0. The van der Waals surface area contributed by atoms with E-state index < -0.39 is 0 Å². The monoisotopic (exact) mass is 379 g/mol. The molecule has 0 spiro atoms. The van der Waals surface area contributed by atoms with Crippen molar-refractivity contribution in [2.45, 2.75) is 6.54 Å². The number of benzene rings is 1. The molecule has 2 fully saturated rings. The van der Waals surface area contributed by atoms with Crippen molar-refractivity contribution in [1.29, 1.82) is 0 Å². The highest BCUT2D eigenvalue weighted by atomic mass is 16.2. The topological polar surface area (TPSA) is 42.9 Å². The summed E-state index contributed by atoms with van der Waals surface area (Å²) in [6.45, 7) is 8.40. The van der Waals surface area contributed by atoms with Crippen LogP contribution in [-0.2, 0) is 6.54 Å². The fraction of sp³-hybridized carbons (Fsp3) is 0.455. The van der Waals surface area contributed by atoms with Crippen LogP contribution in [0.2, 0.25) is 0 Å². The summed E-state index contributed by atoms with van der Waals surface area (Å²) in [5.74, 6) is 0.102. The number of likely N-dealkylation sites (N-methyl/N-ethyl adjacent to an activating group) is 1. The van der Waals surface area contributed by atoms with Crippen LogP contribution in [0.25, 0.3) is 0 Å². The van der Waals surface area contributed by atoms with Gasteiger partial charge in [0.25, 0.3) is 5.91 Å². The van der Waals surface area contributed by atoms with Crippen molar-refractivity contribution >= 4 is 11.6 Å². The lowest BCUT2D eigenvalue weighted by Gasteiger charge is -2.36. The fourth-order valence-corrected chi connectivity index (χ4v) is 3.92. The number of pyridine rings is 1. The van der Waals surface area contributed by atoms with E-state index in [-0.39, 0.29) is 5.91 Å². The molecule has 0 radical (unpaired) electrons. The number of anilines is 1. The molecule has 2 aromatic rings. The zero-order chi connectivity index (χ0) is 19.3. The van der Waals surface area contributed by atoms with Crippen LogP contribution in [0.5, 0.6) is 0 Å². The second-order valence-electron chi connectivity index (χ2n) is 7.78. The highest BCUT2D eigenvalue weighted by molar-refractivity contribution is 5.94. The van der Waals surface area contributed by atoms with Crippen LogP contribution in [0, 0.1) is 0 Å². The van der Waals surface area contributed by atoms with Crippen molar-refractivity contribution in [3.63, 3.8) is 0 Å². The molecular weight excluding hydrogens is 350 g/mol. The maximum Gasteiger partial charge on any atom is 0.255 e. The Balaban J connectivity index is 1.35. The lowest BCUT2D eigenvalue weighted by Crippen LogP contribution is -2.47. The SMILES string of the molecule is CN1CCN(C(=O)c2cncc(N3CCN(Cc4ccccc4)CC3)c2)CC1. The summed E-state index contributed by atoms with van der Waals surface area (Å²) in [7, 11) is 2.10. The van der Waals surface area contributed by atoms with Crippen molar-refractivity contribution in [1.82, 2.24) is 19.7 Å². The van der Waals surface area contributed by atoms with Gasteiger partial charge in [-0.25, -0.2) is 0 Å². The molecule has 6 nitrogen and oxygen atoms in total. The molecule has 2 aliphatic rings. The second-order valence-corrected chi connectivity index (χ2v) is 7.78. The van der Waals surface area contributed by atoms with Gasteiger partial charge in [-0.2, -0.15) is 0 Å². The van der Waals surface area contributed by atoms with Crippen LogP contribution in [0.1, 0.15) is 15.9 Å². The van der Waals surface area contributed by atoms with Gasteiger partial charge in [-0.1, -0.05) is 30.3 Å². The average Bonchev–Trinajstić information content (AvgIpc) is 2.75. The van der Waals surface area contributed by atoms with Gasteiger partial charge in [-0.15, -0.1) is 0 Å². The Kier molecular flexibility index (Phi) is 5.88. The molecule has 1 aromatic heterocycles. The van der Waals surface area contributed by atoms with Gasteiger partial charge >= 0.3 is 0 Å². The normalized spacial score (nSPS) is 19.0. The highest BCUT2D eigenvalue weighted by Crippen LogP contribution is 2.19. The van der Waals surface area contributed by atoms with Crippen LogP contribution in [-0.4, -0.2) is 85.0 Å². The number of hydrogen-bond acceptors (Lipinski definition) is 5. The third kappa shape index (κ3) is 4.51. The standard InChI is InChI=1S/C22H29N5O/c1-24-7-11-27(12-8-24)22(28)20-15-21(17-23-16-20)26-13-9-25(10-14-26)18-19-5-3-2-4-6-19/h2-6,15-17H,7-14,18H2,1H3. The van der Waals surface area contributed by atoms with Crippen molar-refractivity contribution in [2.75, 3.05) is 64.3 Å². The number of aromatic nitrogens is 1. The molecule has 1 amide bonds. The summed E-state index contributed by atoms with van der Waals surface area (Å²) < 4.78 is 0. The minimum Gasteiger partial charge on any atom is -0.368 e. The number of rotatable bonds is 4. The number of carbonyl (C=O) groups excluding carboxylic acids is 1. The summed E-state index contributed by atoms with van der Waals surface area (Å²) in [5.41, 5.74) is 3.12. The van der Waals surface area contributed by atoms with Gasteiger partial charge in [0, 0.05) is 65.1 Å². The minimum absolute atomic E-state index is 0.102. The molecule has 3 heterocycles. The average molecular weight is 380 g/mol. The van der Waals surface area contributed by atoms with E-state index in [1.165, 1.54) is 5.56 Å². The van der Waals surface area contributed by atoms with E-state index in [0.717, 1.165) is 64.6 Å². The Morgan fingerprint density at radius 1 is 0.929 bits per heavy atom. The molecule has 0 unspecified atom stereocenters. The molecular formula is C22H29N5O. The predicted octanol–water partition coefficient (Wildman–Crippen LogP) is 1.79. The first-order valence-corrected chi connectivity index (χ1v) is 10.1. The van der Waals surface area contributed by atoms with Gasteiger partial charge < -0.3 is 14.7 Å². The fourth-order valence-electron chi connectivity index (χ4n) is 3.92. The summed E-state index contributed by atoms with van der Waals surface area (Å²) in [6.07, 6.45) is 3.59. The second kappa shape index (κ2) is 8.71. The largest absolute Gasteiger partial charge is 0.368 e. The molecule has 4 rings (SSSR count). The Morgan fingerprint density at radius 2 is 1.64 bits per heavy atom. The van der Waals surface area contributed by atoms with E-state index in [1.807, 2.05) is 17.2 Å². The highest BCUT2D eigenvalue weighted by Gasteiger charge is 2.22. The zero-order valence-electron chi connectivity index (χ0n) is 16.6. The molecule has 1 aromatic carbocycles. The molecule has 2 aliphatic heterocycles. The Bertz CT molecular complexity index is 781. The van der Waals surface area contributed by atoms with E-state index in [9.17, 15) is 4.79 Å². The van der Waals surface area contributed by atoms with Gasteiger partial charge in [0.1, 0.15) is 0 Å². The first-order valence-electron chi connectivity index (χ1n) is 10.1. The van der Waals surface area contributed by atoms with Crippen molar-refractivity contribution in [3.05, 3.63) is 59.9 Å². The molecule has 6 heteroatoms. The maximum absolute atomic E-state index is 12.8. The first-order chi connectivity index (χ1) is 13.7. The summed E-state index contributed by atoms with van der Waals surface area (Å²) in [6, 6.07) is 12.6. The van der Waals surface area contributed by atoms with Crippen LogP contribution < -0.4 is 4.90 Å². The van der Waals surface area contributed by atoms with Gasteiger partial charge in [0.2, 0.25) is 0 Å². The lowest BCUT2D eigenvalue weighted by molar-refractivity contribution is 0.0663. The molecule has 0 aliphatic carbocycles. The van der Waals surface area contributed by atoms with Crippen LogP contribution >= 0.6 is 0 Å². The van der Waals surface area contributed by atoms with E-state index in [1.54, 1.807) is 6.20 Å². The third-order valence-electron chi connectivity index (χ3n) is 5.75. The molecule has 2 saturated heterocycles. The smallest absolute Gasteiger partial charge is 0.255 e. The Hall–Kier alpha value is -2.44. The summed E-state index contributed by atoms with van der Waals surface area (Å²) in [4.78, 5) is 26.2. The van der Waals surface area contributed by atoms with Crippen LogP contribution in [0.4, 0.5) is 5.69 Å². The third-order valence-corrected chi connectivity index (χ3v) is 5.75. The minimum atomic E-state index is 0.102. The van der Waals surface area contributed by atoms with Crippen molar-refractivity contribution in [2.24, 2.45) is 0 Å². The number of amides is 1. The molecule has 28 heavy (non-hydrogen) atoms. The quantitative estimate of drug-likeness (QED) is 0.810. The first kappa shape index (κ1) is 18.9. The number of piperazine rings is 2. The van der Waals surface area contributed by atoms with Crippen molar-refractivity contribution < 1.29 is 4.79 Å². The zero-order valence-corrected chi connectivity index (χ0v) is 16.6. The Morgan fingerprint density at radius 3 is 2.36 bits per heavy atom. The van der Waals surface area contributed by atoms with Gasteiger partial charge in [-0.05, 0) is 18.7 Å². The van der Waals surface area contributed by atoms with Crippen LogP contribution in [0.15, 0.2) is 48.8 Å². The van der Waals surface area contributed by atoms with E-state index in [4.69, 9.17) is 0 Å². The van der Waals surface area contributed by atoms with Crippen molar-refractivity contribution in [3.8, 4) is 0 Å². The number of carbonyl (C=O) groups is 1. The lowest BCUT2D eigenvalue weighted by atomic mass is 10.1. The van der Waals surface area contributed by atoms with E-state index in [2.05, 4.69) is 57.1 Å². The summed E-state index contributed by atoms with van der Waals surface area (Å²) >= 11 is 0. The maximum atomic E-state index is 12.8. The molecule has 148 valence electrons. The van der Waals surface area contributed by atoms with Gasteiger partial charge in [0.05, 0.1) is 17.4 Å². The molecule has 0 bridgehead atoms. The van der Waals surface area contributed by atoms with Crippen LogP contribution in [0.3, 0.4) is 0 Å². The van der Waals surface area contributed by atoms with Gasteiger partial charge in [0.15, 0.2) is 0 Å². The molecule has 0 atom stereocenters. The predicted molar refractivity (Wildman–Crippen MR) is 112 cm³/mol. The van der Waals surface area contributed by atoms with Gasteiger partial charge in [-0.3, -0.25) is 14.7 Å². The number of hydrogen-bond donors (Lipinski definition) is 0. The molecule has 0 N–H and O–H groups in total. The Labute approximate surface area is 167 Å². The van der Waals surface area contributed by atoms with E-state index in [0.29, 0.717) is 5.56 Å². The number of nitrogens with zero attached hydrogens (tertiary/aromatic N) is 5. The molecule has 0 saturated carbocycles. The van der Waals surface area contributed by atoms with E-state index >= 15 is 0 Å².